The second-order valence-corrected chi connectivity index (χ2v) is 6.77. The van der Waals surface area contributed by atoms with Crippen molar-refractivity contribution in [3.05, 3.63) is 0 Å². The normalized spacial score (nSPS) is 23.1. The number of rotatable bonds is 4. The molecule has 2 atom stereocenters. The third-order valence-corrected chi connectivity index (χ3v) is 3.64. The molecule has 1 rings (SSSR count). The number of hydrogen-bond donors (Lipinski definition) is 1. The number of nitrogens with one attached hydrogen (secondary N) is 1. The van der Waals surface area contributed by atoms with Gasteiger partial charge in [0.15, 0.2) is 5.78 Å². The Balaban J connectivity index is 2.49. The molecule has 0 aromatic carbocycles. The summed E-state index contributed by atoms with van der Waals surface area (Å²) in [6.07, 6.45) is 5.22. The molecule has 1 amide bonds. The number of Topliss-reactive ketones (excluding diaryl/α,β-unsaturated/α-hetero) is 1. The molecule has 1 aliphatic rings. The standard InChI is InChI=1S/C15H27NO2/c1-11(9-10-15(2,3)4)14(18)12-7-5-6-8-13(17)16-12/h11-12H,5-10H2,1-4H3,(H,16,17). The van der Waals surface area contributed by atoms with E-state index in [4.69, 9.17) is 0 Å². The molecule has 1 aliphatic heterocycles. The largest absolute Gasteiger partial charge is 0.346 e. The van der Waals surface area contributed by atoms with Crippen LogP contribution in [-0.4, -0.2) is 17.7 Å². The number of amides is 1. The van der Waals surface area contributed by atoms with Gasteiger partial charge in [0.2, 0.25) is 5.91 Å². The lowest BCUT2D eigenvalue weighted by Gasteiger charge is -2.23. The van der Waals surface area contributed by atoms with Crippen molar-refractivity contribution in [3.63, 3.8) is 0 Å². The molecule has 0 aromatic rings. The van der Waals surface area contributed by atoms with Crippen LogP contribution >= 0.6 is 0 Å². The van der Waals surface area contributed by atoms with E-state index >= 15 is 0 Å². The average molecular weight is 253 g/mol. The van der Waals surface area contributed by atoms with E-state index in [1.807, 2.05) is 6.92 Å². The molecule has 3 heteroatoms. The zero-order valence-corrected chi connectivity index (χ0v) is 12.2. The molecule has 1 fully saturated rings. The van der Waals surface area contributed by atoms with E-state index in [1.165, 1.54) is 0 Å². The number of carbonyl (C=O) groups excluding carboxylic acids is 2. The summed E-state index contributed by atoms with van der Waals surface area (Å²) in [5.74, 6) is 0.302. The third-order valence-electron chi connectivity index (χ3n) is 3.64. The fourth-order valence-corrected chi connectivity index (χ4v) is 2.32. The maximum absolute atomic E-state index is 12.3. The Morgan fingerprint density at radius 2 is 2.06 bits per heavy atom. The summed E-state index contributed by atoms with van der Waals surface area (Å²) >= 11 is 0. The molecular formula is C15H27NO2. The fraction of sp³-hybridized carbons (Fsp3) is 0.867. The molecule has 0 aromatic heterocycles. The van der Waals surface area contributed by atoms with Crippen molar-refractivity contribution >= 4 is 11.7 Å². The Morgan fingerprint density at radius 1 is 1.39 bits per heavy atom. The molecular weight excluding hydrogens is 226 g/mol. The summed E-state index contributed by atoms with van der Waals surface area (Å²) in [6.45, 7) is 8.57. The van der Waals surface area contributed by atoms with Crippen molar-refractivity contribution in [1.82, 2.24) is 5.32 Å². The van der Waals surface area contributed by atoms with Crippen LogP contribution < -0.4 is 5.32 Å². The molecule has 3 nitrogen and oxygen atoms in total. The maximum atomic E-state index is 12.3. The summed E-state index contributed by atoms with van der Waals surface area (Å²) in [7, 11) is 0. The molecule has 1 heterocycles. The minimum Gasteiger partial charge on any atom is -0.346 e. The van der Waals surface area contributed by atoms with Crippen LogP contribution in [0.5, 0.6) is 0 Å². The first-order valence-corrected chi connectivity index (χ1v) is 7.13. The molecule has 0 saturated carbocycles. The first-order valence-electron chi connectivity index (χ1n) is 7.13. The van der Waals surface area contributed by atoms with Crippen LogP contribution in [0, 0.1) is 11.3 Å². The van der Waals surface area contributed by atoms with E-state index < -0.39 is 0 Å². The van der Waals surface area contributed by atoms with E-state index in [0.29, 0.717) is 6.42 Å². The molecule has 18 heavy (non-hydrogen) atoms. The lowest BCUT2D eigenvalue weighted by Crippen LogP contribution is -2.41. The van der Waals surface area contributed by atoms with Crippen LogP contribution in [0.2, 0.25) is 0 Å². The van der Waals surface area contributed by atoms with Gasteiger partial charge in [-0.3, -0.25) is 9.59 Å². The minimum absolute atomic E-state index is 0.0360. The van der Waals surface area contributed by atoms with E-state index in [0.717, 1.165) is 32.1 Å². The summed E-state index contributed by atoms with van der Waals surface area (Å²) in [5, 5.41) is 2.87. The van der Waals surface area contributed by atoms with Gasteiger partial charge in [-0.25, -0.2) is 0 Å². The van der Waals surface area contributed by atoms with Gasteiger partial charge in [0.25, 0.3) is 0 Å². The first-order chi connectivity index (χ1) is 8.29. The fourth-order valence-electron chi connectivity index (χ4n) is 2.32. The van der Waals surface area contributed by atoms with E-state index in [1.54, 1.807) is 0 Å². The molecule has 1 saturated heterocycles. The van der Waals surface area contributed by atoms with Crippen LogP contribution in [0.15, 0.2) is 0 Å². The highest BCUT2D eigenvalue weighted by atomic mass is 16.2. The van der Waals surface area contributed by atoms with Crippen molar-refractivity contribution < 1.29 is 9.59 Å². The predicted molar refractivity (Wildman–Crippen MR) is 73.3 cm³/mol. The SMILES string of the molecule is CC(CCC(C)(C)C)C(=O)C1CCCCC(=O)N1. The topological polar surface area (TPSA) is 46.2 Å². The quantitative estimate of drug-likeness (QED) is 0.837. The Kier molecular flexibility index (Phi) is 5.36. The summed E-state index contributed by atoms with van der Waals surface area (Å²) in [4.78, 5) is 23.8. The average Bonchev–Trinajstić information content (AvgIpc) is 2.48. The van der Waals surface area contributed by atoms with Crippen LogP contribution in [-0.2, 0) is 9.59 Å². The Hall–Kier alpha value is -0.860. The Bertz CT molecular complexity index is 304. The van der Waals surface area contributed by atoms with Gasteiger partial charge in [0, 0.05) is 12.3 Å². The van der Waals surface area contributed by atoms with Gasteiger partial charge in [-0.15, -0.1) is 0 Å². The predicted octanol–water partition coefficient (Wildman–Crippen LogP) is 3.08. The Labute approximate surface area is 111 Å². The van der Waals surface area contributed by atoms with Gasteiger partial charge >= 0.3 is 0 Å². The van der Waals surface area contributed by atoms with Crippen LogP contribution in [0.25, 0.3) is 0 Å². The molecule has 0 radical (unpaired) electrons. The third kappa shape index (κ3) is 5.19. The van der Waals surface area contributed by atoms with E-state index in [9.17, 15) is 9.59 Å². The van der Waals surface area contributed by atoms with E-state index in [2.05, 4.69) is 26.1 Å². The summed E-state index contributed by atoms with van der Waals surface area (Å²) in [6, 6.07) is -0.241. The van der Waals surface area contributed by atoms with Crippen molar-refractivity contribution in [2.75, 3.05) is 0 Å². The zero-order valence-electron chi connectivity index (χ0n) is 12.2. The second kappa shape index (κ2) is 6.35. The molecule has 0 aliphatic carbocycles. The van der Waals surface area contributed by atoms with Gasteiger partial charge in [0.05, 0.1) is 6.04 Å². The van der Waals surface area contributed by atoms with Crippen molar-refractivity contribution in [2.45, 2.75) is 72.3 Å². The van der Waals surface area contributed by atoms with Gasteiger partial charge in [-0.2, -0.15) is 0 Å². The van der Waals surface area contributed by atoms with E-state index in [-0.39, 0.29) is 29.1 Å². The van der Waals surface area contributed by atoms with Crippen LogP contribution in [0.4, 0.5) is 0 Å². The highest BCUT2D eigenvalue weighted by molar-refractivity contribution is 5.90. The van der Waals surface area contributed by atoms with Crippen molar-refractivity contribution in [1.29, 1.82) is 0 Å². The van der Waals surface area contributed by atoms with Crippen LogP contribution in [0.1, 0.15) is 66.2 Å². The zero-order chi connectivity index (χ0) is 13.8. The molecule has 1 N–H and O–H groups in total. The number of hydrogen-bond acceptors (Lipinski definition) is 2. The molecule has 104 valence electrons. The highest BCUT2D eigenvalue weighted by Gasteiger charge is 2.27. The summed E-state index contributed by atoms with van der Waals surface area (Å²) in [5.41, 5.74) is 0.265. The van der Waals surface area contributed by atoms with Gasteiger partial charge in [-0.05, 0) is 31.1 Å². The number of carbonyl (C=O) groups is 2. The van der Waals surface area contributed by atoms with Gasteiger partial charge in [0.1, 0.15) is 0 Å². The lowest BCUT2D eigenvalue weighted by molar-refractivity contribution is -0.129. The van der Waals surface area contributed by atoms with Crippen molar-refractivity contribution in [2.24, 2.45) is 11.3 Å². The Morgan fingerprint density at radius 3 is 2.67 bits per heavy atom. The summed E-state index contributed by atoms with van der Waals surface area (Å²) < 4.78 is 0. The molecule has 0 bridgehead atoms. The monoisotopic (exact) mass is 253 g/mol. The molecule has 2 unspecified atom stereocenters. The number of ketones is 1. The van der Waals surface area contributed by atoms with Crippen molar-refractivity contribution in [3.8, 4) is 0 Å². The minimum atomic E-state index is -0.241. The first kappa shape index (κ1) is 15.2. The lowest BCUT2D eigenvalue weighted by atomic mass is 9.84. The smallest absolute Gasteiger partial charge is 0.220 e. The second-order valence-electron chi connectivity index (χ2n) is 6.77. The van der Waals surface area contributed by atoms with Crippen LogP contribution in [0.3, 0.4) is 0 Å². The maximum Gasteiger partial charge on any atom is 0.220 e. The molecule has 0 spiro atoms. The highest BCUT2D eigenvalue weighted by Crippen LogP contribution is 2.25. The van der Waals surface area contributed by atoms with Gasteiger partial charge < -0.3 is 5.32 Å². The van der Waals surface area contributed by atoms with Gasteiger partial charge in [-0.1, -0.05) is 34.1 Å².